The van der Waals surface area contributed by atoms with Gasteiger partial charge in [0.1, 0.15) is 0 Å². The second kappa shape index (κ2) is 6.69. The number of benzene rings is 1. The van der Waals surface area contributed by atoms with Crippen molar-refractivity contribution in [2.75, 3.05) is 13.1 Å². The maximum Gasteiger partial charge on any atom is 0.416 e. The van der Waals surface area contributed by atoms with Crippen molar-refractivity contribution in [1.82, 2.24) is 4.90 Å². The van der Waals surface area contributed by atoms with Crippen molar-refractivity contribution in [1.29, 1.82) is 0 Å². The highest BCUT2D eigenvalue weighted by Crippen LogP contribution is 2.29. The van der Waals surface area contributed by atoms with Crippen molar-refractivity contribution in [3.63, 3.8) is 0 Å². The molecule has 0 radical (unpaired) electrons. The fraction of sp³-hybridized carbons (Fsp3) is 0.562. The topological polar surface area (TPSA) is 46.3 Å². The molecule has 1 heterocycles. The van der Waals surface area contributed by atoms with E-state index in [1.807, 2.05) is 6.92 Å². The molecule has 1 aromatic carbocycles. The van der Waals surface area contributed by atoms with Crippen molar-refractivity contribution in [2.45, 2.75) is 38.4 Å². The molecule has 0 bridgehead atoms. The highest BCUT2D eigenvalue weighted by molar-refractivity contribution is 5.79. The first-order valence-corrected chi connectivity index (χ1v) is 7.47. The number of nitrogens with zero attached hydrogens (tertiary/aromatic N) is 1. The number of hydrogen-bond acceptors (Lipinski definition) is 2. The summed E-state index contributed by atoms with van der Waals surface area (Å²) in [6.07, 6.45) is -2.51. The number of likely N-dealkylation sites (tertiary alicyclic amines) is 1. The van der Waals surface area contributed by atoms with E-state index in [0.29, 0.717) is 18.7 Å². The van der Waals surface area contributed by atoms with Crippen molar-refractivity contribution < 1.29 is 18.0 Å². The maximum atomic E-state index is 12.7. The lowest BCUT2D eigenvalue weighted by Crippen LogP contribution is -2.45. The third-order valence-corrected chi connectivity index (χ3v) is 4.16. The number of nitrogens with two attached hydrogens (primary N) is 1. The third-order valence-electron chi connectivity index (χ3n) is 4.16. The van der Waals surface area contributed by atoms with Crippen LogP contribution in [0.25, 0.3) is 0 Å². The Labute approximate surface area is 128 Å². The Balaban J connectivity index is 2.03. The molecular formula is C16H21F3N2O. The molecule has 1 aliphatic heterocycles. The largest absolute Gasteiger partial charge is 0.416 e. The molecule has 22 heavy (non-hydrogen) atoms. The minimum Gasteiger partial charge on any atom is -0.342 e. The molecule has 2 unspecified atom stereocenters. The molecule has 1 aromatic rings. The zero-order chi connectivity index (χ0) is 16.3. The van der Waals surface area contributed by atoms with E-state index in [1.54, 1.807) is 11.0 Å². The molecule has 0 aromatic heterocycles. The second-order valence-electron chi connectivity index (χ2n) is 5.98. The number of carbonyl (C=O) groups excluding carboxylic acids is 1. The monoisotopic (exact) mass is 314 g/mol. The number of piperidine rings is 1. The molecule has 1 saturated heterocycles. The zero-order valence-corrected chi connectivity index (χ0v) is 12.6. The molecule has 2 N–H and O–H groups in total. The quantitative estimate of drug-likeness (QED) is 0.932. The summed E-state index contributed by atoms with van der Waals surface area (Å²) in [4.78, 5) is 14.0. The molecule has 2 rings (SSSR count). The molecule has 0 spiro atoms. The van der Waals surface area contributed by atoms with Gasteiger partial charge in [-0.25, -0.2) is 0 Å². The minimum absolute atomic E-state index is 0.00437. The molecule has 3 nitrogen and oxygen atoms in total. The summed E-state index contributed by atoms with van der Waals surface area (Å²) in [7, 11) is 0. The van der Waals surface area contributed by atoms with Crippen molar-refractivity contribution in [3.05, 3.63) is 35.4 Å². The summed E-state index contributed by atoms with van der Waals surface area (Å²) in [5, 5.41) is 0. The lowest BCUT2D eigenvalue weighted by Gasteiger charge is -2.34. The average molecular weight is 314 g/mol. The first kappa shape index (κ1) is 16.8. The average Bonchev–Trinajstić information content (AvgIpc) is 2.46. The van der Waals surface area contributed by atoms with E-state index in [4.69, 9.17) is 5.73 Å². The Bertz CT molecular complexity index is 528. The van der Waals surface area contributed by atoms with E-state index in [9.17, 15) is 18.0 Å². The number of halogens is 3. The van der Waals surface area contributed by atoms with Crippen molar-refractivity contribution >= 4 is 5.91 Å². The SMILES string of the molecule is CC(N)C1CCCN(C(=O)Cc2cccc(C(F)(F)F)c2)C1. The smallest absolute Gasteiger partial charge is 0.342 e. The van der Waals surface area contributed by atoms with Crippen LogP contribution in [0, 0.1) is 5.92 Å². The van der Waals surface area contributed by atoms with Gasteiger partial charge in [-0.05, 0) is 37.3 Å². The Kier molecular flexibility index (Phi) is 5.11. The van der Waals surface area contributed by atoms with Gasteiger partial charge in [-0.1, -0.05) is 18.2 Å². The summed E-state index contributed by atoms with van der Waals surface area (Å²) >= 11 is 0. The van der Waals surface area contributed by atoms with E-state index in [-0.39, 0.29) is 24.3 Å². The van der Waals surface area contributed by atoms with Gasteiger partial charge < -0.3 is 10.6 Å². The first-order valence-electron chi connectivity index (χ1n) is 7.47. The van der Waals surface area contributed by atoms with Crippen LogP contribution in [-0.4, -0.2) is 29.9 Å². The summed E-state index contributed by atoms with van der Waals surface area (Å²) in [6, 6.07) is 4.97. The van der Waals surface area contributed by atoms with Crippen LogP contribution in [0.2, 0.25) is 0 Å². The fourth-order valence-corrected chi connectivity index (χ4v) is 2.81. The first-order chi connectivity index (χ1) is 10.3. The molecule has 1 amide bonds. The molecule has 122 valence electrons. The molecule has 0 aliphatic carbocycles. The van der Waals surface area contributed by atoms with Crippen LogP contribution in [0.4, 0.5) is 13.2 Å². The van der Waals surface area contributed by atoms with Gasteiger partial charge in [-0.3, -0.25) is 4.79 Å². The molecule has 2 atom stereocenters. The van der Waals surface area contributed by atoms with Gasteiger partial charge >= 0.3 is 6.18 Å². The van der Waals surface area contributed by atoms with Crippen LogP contribution in [-0.2, 0) is 17.4 Å². The van der Waals surface area contributed by atoms with Gasteiger partial charge in [0.05, 0.1) is 12.0 Å². The van der Waals surface area contributed by atoms with Gasteiger partial charge in [0.25, 0.3) is 0 Å². The van der Waals surface area contributed by atoms with Crippen LogP contribution in [0.15, 0.2) is 24.3 Å². The predicted octanol–water partition coefficient (Wildman–Crippen LogP) is 2.83. The second-order valence-corrected chi connectivity index (χ2v) is 5.98. The number of carbonyl (C=O) groups is 1. The Morgan fingerprint density at radius 2 is 2.18 bits per heavy atom. The zero-order valence-electron chi connectivity index (χ0n) is 12.6. The van der Waals surface area contributed by atoms with Gasteiger partial charge in [-0.2, -0.15) is 13.2 Å². The Morgan fingerprint density at radius 1 is 1.45 bits per heavy atom. The van der Waals surface area contributed by atoms with E-state index in [1.165, 1.54) is 6.07 Å². The van der Waals surface area contributed by atoms with Gasteiger partial charge in [0, 0.05) is 19.1 Å². The fourth-order valence-electron chi connectivity index (χ4n) is 2.81. The summed E-state index contributed by atoms with van der Waals surface area (Å²) in [5.41, 5.74) is 5.56. The molecule has 1 fully saturated rings. The molecule has 0 saturated carbocycles. The number of amides is 1. The number of rotatable bonds is 3. The van der Waals surface area contributed by atoms with Gasteiger partial charge in [-0.15, -0.1) is 0 Å². The van der Waals surface area contributed by atoms with Crippen LogP contribution in [0.3, 0.4) is 0 Å². The Morgan fingerprint density at radius 3 is 2.82 bits per heavy atom. The van der Waals surface area contributed by atoms with E-state index in [0.717, 1.165) is 25.0 Å². The van der Waals surface area contributed by atoms with Crippen LogP contribution in [0.5, 0.6) is 0 Å². The van der Waals surface area contributed by atoms with E-state index in [2.05, 4.69) is 0 Å². The van der Waals surface area contributed by atoms with Crippen LogP contribution in [0.1, 0.15) is 30.9 Å². The summed E-state index contributed by atoms with van der Waals surface area (Å²) in [6.45, 7) is 3.17. The van der Waals surface area contributed by atoms with Gasteiger partial charge in [0.15, 0.2) is 0 Å². The maximum absolute atomic E-state index is 12.7. The van der Waals surface area contributed by atoms with E-state index < -0.39 is 11.7 Å². The van der Waals surface area contributed by atoms with Crippen molar-refractivity contribution in [2.24, 2.45) is 11.7 Å². The molecule has 6 heteroatoms. The van der Waals surface area contributed by atoms with Gasteiger partial charge in [0.2, 0.25) is 5.91 Å². The van der Waals surface area contributed by atoms with Crippen LogP contribution >= 0.6 is 0 Å². The summed E-state index contributed by atoms with van der Waals surface area (Å²) in [5.74, 6) is 0.129. The normalized spacial score (nSPS) is 20.8. The molecular weight excluding hydrogens is 293 g/mol. The highest BCUT2D eigenvalue weighted by atomic mass is 19.4. The van der Waals surface area contributed by atoms with Crippen molar-refractivity contribution in [3.8, 4) is 0 Å². The standard InChI is InChI=1S/C16H21F3N2O/c1-11(20)13-5-3-7-21(10-13)15(22)9-12-4-2-6-14(8-12)16(17,18)19/h2,4,6,8,11,13H,3,5,7,9-10,20H2,1H3. The van der Waals surface area contributed by atoms with E-state index >= 15 is 0 Å². The third kappa shape index (κ3) is 4.22. The molecule has 1 aliphatic rings. The lowest BCUT2D eigenvalue weighted by molar-refractivity contribution is -0.138. The lowest BCUT2D eigenvalue weighted by atomic mass is 9.92. The van der Waals surface area contributed by atoms with Crippen LogP contribution < -0.4 is 5.73 Å². The number of hydrogen-bond donors (Lipinski definition) is 1. The highest BCUT2D eigenvalue weighted by Gasteiger charge is 2.31. The predicted molar refractivity (Wildman–Crippen MR) is 78.1 cm³/mol. The number of alkyl halides is 3. The minimum atomic E-state index is -4.38. The summed E-state index contributed by atoms with van der Waals surface area (Å²) < 4.78 is 38.1. The Hall–Kier alpha value is -1.56.